The zero-order valence-electron chi connectivity index (χ0n) is 9.51. The number of aromatic nitrogens is 4. The predicted molar refractivity (Wildman–Crippen MR) is 64.1 cm³/mol. The van der Waals surface area contributed by atoms with Crippen LogP contribution in [-0.4, -0.2) is 19.7 Å². The monoisotopic (exact) mass is 250 g/mol. The minimum absolute atomic E-state index is 0.175. The summed E-state index contributed by atoms with van der Waals surface area (Å²) in [6, 6.07) is 3.18. The van der Waals surface area contributed by atoms with E-state index in [0.29, 0.717) is 11.0 Å². The summed E-state index contributed by atoms with van der Waals surface area (Å²) in [5.41, 5.74) is 1.42. The van der Waals surface area contributed by atoms with E-state index in [1.807, 2.05) is 13.8 Å². The molecule has 0 aliphatic heterocycles. The fourth-order valence-corrected chi connectivity index (χ4v) is 1.69. The van der Waals surface area contributed by atoms with Gasteiger partial charge in [0.15, 0.2) is 5.82 Å². The Kier molecular flexibility index (Phi) is 3.19. The maximum Gasteiger partial charge on any atom is 0.267 e. The summed E-state index contributed by atoms with van der Waals surface area (Å²) < 4.78 is 1.30. The molecule has 0 saturated heterocycles. The molecule has 0 aliphatic rings. The second kappa shape index (κ2) is 4.63. The zero-order valence-corrected chi connectivity index (χ0v) is 10.3. The number of aryl methyl sites for hydroxylation is 2. The van der Waals surface area contributed by atoms with Crippen LogP contribution in [0.15, 0.2) is 23.1 Å². The van der Waals surface area contributed by atoms with Gasteiger partial charge in [0.1, 0.15) is 11.7 Å². The van der Waals surface area contributed by atoms with Crippen LogP contribution in [-0.2, 0) is 6.54 Å². The Morgan fingerprint density at radius 2 is 2.06 bits per heavy atom. The van der Waals surface area contributed by atoms with Gasteiger partial charge in [-0.25, -0.2) is 14.6 Å². The molecule has 0 unspecified atom stereocenters. The average Bonchev–Trinajstić information content (AvgIpc) is 2.21. The van der Waals surface area contributed by atoms with Crippen molar-refractivity contribution in [3.05, 3.63) is 50.9 Å². The van der Waals surface area contributed by atoms with Crippen molar-refractivity contribution in [2.45, 2.75) is 20.4 Å². The van der Waals surface area contributed by atoms with Crippen LogP contribution in [0.25, 0.3) is 0 Å². The summed E-state index contributed by atoms with van der Waals surface area (Å²) in [5.74, 6) is 0.480. The molecular weight excluding hydrogens is 240 g/mol. The van der Waals surface area contributed by atoms with Crippen molar-refractivity contribution in [1.29, 1.82) is 0 Å². The van der Waals surface area contributed by atoms with Crippen LogP contribution in [0.5, 0.6) is 0 Å². The molecule has 2 aromatic rings. The lowest BCUT2D eigenvalue weighted by Crippen LogP contribution is -2.23. The van der Waals surface area contributed by atoms with Crippen LogP contribution in [0.3, 0.4) is 0 Å². The molecule has 0 atom stereocenters. The van der Waals surface area contributed by atoms with Crippen LogP contribution in [0.4, 0.5) is 0 Å². The Hall–Kier alpha value is -1.75. The largest absolute Gasteiger partial charge is 0.268 e. The Labute approximate surface area is 103 Å². The minimum Gasteiger partial charge on any atom is -0.268 e. The third-order valence-electron chi connectivity index (χ3n) is 2.17. The highest BCUT2D eigenvalue weighted by Crippen LogP contribution is 2.06. The van der Waals surface area contributed by atoms with Gasteiger partial charge in [-0.3, -0.25) is 4.79 Å². The van der Waals surface area contributed by atoms with Gasteiger partial charge in [-0.05, 0) is 25.5 Å². The van der Waals surface area contributed by atoms with Crippen LogP contribution < -0.4 is 5.56 Å². The molecule has 2 heterocycles. The van der Waals surface area contributed by atoms with Gasteiger partial charge >= 0.3 is 0 Å². The second-order valence-electron chi connectivity index (χ2n) is 3.78. The molecular formula is C11H11ClN4O. The summed E-state index contributed by atoms with van der Waals surface area (Å²) >= 11 is 5.82. The highest BCUT2D eigenvalue weighted by molar-refractivity contribution is 6.29. The van der Waals surface area contributed by atoms with Crippen LogP contribution >= 0.6 is 11.6 Å². The van der Waals surface area contributed by atoms with E-state index in [1.54, 1.807) is 12.3 Å². The summed E-state index contributed by atoms with van der Waals surface area (Å²) in [5, 5.41) is 4.38. The summed E-state index contributed by atoms with van der Waals surface area (Å²) in [7, 11) is 0. The van der Waals surface area contributed by atoms with E-state index in [0.717, 1.165) is 11.3 Å². The fourth-order valence-electron chi connectivity index (χ4n) is 1.44. The summed E-state index contributed by atoms with van der Waals surface area (Å²) in [6.45, 7) is 3.86. The van der Waals surface area contributed by atoms with E-state index in [-0.39, 0.29) is 12.1 Å². The molecule has 0 spiro atoms. The highest BCUT2D eigenvalue weighted by atomic mass is 35.5. The normalized spacial score (nSPS) is 10.5. The maximum atomic E-state index is 11.6. The molecule has 0 aliphatic carbocycles. The average molecular weight is 251 g/mol. The van der Waals surface area contributed by atoms with Crippen molar-refractivity contribution in [2.75, 3.05) is 0 Å². The Morgan fingerprint density at radius 1 is 1.29 bits per heavy atom. The molecule has 0 N–H and O–H groups in total. The molecule has 0 fully saturated rings. The molecule has 2 aromatic heterocycles. The molecule has 17 heavy (non-hydrogen) atoms. The van der Waals surface area contributed by atoms with Gasteiger partial charge in [-0.2, -0.15) is 5.10 Å². The molecule has 0 saturated carbocycles. The van der Waals surface area contributed by atoms with Gasteiger partial charge in [0.25, 0.3) is 5.56 Å². The minimum atomic E-state index is -0.175. The van der Waals surface area contributed by atoms with E-state index < -0.39 is 0 Å². The zero-order chi connectivity index (χ0) is 12.4. The van der Waals surface area contributed by atoms with Crippen LogP contribution in [0.1, 0.15) is 17.1 Å². The Balaban J connectivity index is 2.34. The van der Waals surface area contributed by atoms with Crippen molar-refractivity contribution in [3.8, 4) is 0 Å². The number of hydrogen-bond acceptors (Lipinski definition) is 4. The van der Waals surface area contributed by atoms with Crippen molar-refractivity contribution < 1.29 is 0 Å². The first-order valence-electron chi connectivity index (χ1n) is 5.08. The van der Waals surface area contributed by atoms with E-state index in [4.69, 9.17) is 11.6 Å². The number of hydrogen-bond donors (Lipinski definition) is 0. The quantitative estimate of drug-likeness (QED) is 0.755. The molecule has 0 aromatic carbocycles. The number of halogens is 1. The first-order valence-corrected chi connectivity index (χ1v) is 5.46. The molecule has 0 bridgehead atoms. The lowest BCUT2D eigenvalue weighted by molar-refractivity contribution is 0.610. The summed E-state index contributed by atoms with van der Waals surface area (Å²) in [6.07, 6.45) is 1.62. The lowest BCUT2D eigenvalue weighted by atomic mass is 10.3. The van der Waals surface area contributed by atoms with Crippen molar-refractivity contribution in [1.82, 2.24) is 19.7 Å². The third-order valence-corrected chi connectivity index (χ3v) is 2.36. The first-order chi connectivity index (χ1) is 8.04. The van der Waals surface area contributed by atoms with E-state index in [9.17, 15) is 4.79 Å². The summed E-state index contributed by atoms with van der Waals surface area (Å²) in [4.78, 5) is 19.9. The first kappa shape index (κ1) is 11.7. The Bertz CT molecular complexity index is 588. The highest BCUT2D eigenvalue weighted by Gasteiger charge is 2.04. The topological polar surface area (TPSA) is 60.7 Å². The molecule has 0 amide bonds. The molecule has 88 valence electrons. The Morgan fingerprint density at radius 3 is 2.71 bits per heavy atom. The smallest absolute Gasteiger partial charge is 0.267 e. The second-order valence-corrected chi connectivity index (χ2v) is 4.16. The van der Waals surface area contributed by atoms with Gasteiger partial charge in [0.05, 0.1) is 6.20 Å². The van der Waals surface area contributed by atoms with Crippen molar-refractivity contribution in [2.24, 2.45) is 0 Å². The van der Waals surface area contributed by atoms with Crippen LogP contribution in [0, 0.1) is 13.8 Å². The van der Waals surface area contributed by atoms with Gasteiger partial charge in [0, 0.05) is 11.8 Å². The van der Waals surface area contributed by atoms with Crippen molar-refractivity contribution >= 4 is 11.6 Å². The van der Waals surface area contributed by atoms with Crippen molar-refractivity contribution in [3.63, 3.8) is 0 Å². The molecule has 5 nitrogen and oxygen atoms in total. The standard InChI is InChI=1S/C11H11ClN4O/c1-7-3-11(17)16(13-5-7)6-10-14-8(2)4-9(12)15-10/h3-5H,6H2,1-2H3. The van der Waals surface area contributed by atoms with Gasteiger partial charge in [0.2, 0.25) is 0 Å². The number of rotatable bonds is 2. The van der Waals surface area contributed by atoms with Gasteiger partial charge < -0.3 is 0 Å². The third kappa shape index (κ3) is 2.88. The van der Waals surface area contributed by atoms with Gasteiger partial charge in [-0.1, -0.05) is 11.6 Å². The SMILES string of the molecule is Cc1cnn(Cc2nc(C)cc(Cl)n2)c(=O)c1. The van der Waals surface area contributed by atoms with Crippen LogP contribution in [0.2, 0.25) is 5.15 Å². The molecule has 0 radical (unpaired) electrons. The fraction of sp³-hybridized carbons (Fsp3) is 0.273. The lowest BCUT2D eigenvalue weighted by Gasteiger charge is -2.04. The van der Waals surface area contributed by atoms with E-state index in [1.165, 1.54) is 10.7 Å². The number of nitrogens with zero attached hydrogens (tertiary/aromatic N) is 4. The van der Waals surface area contributed by atoms with E-state index >= 15 is 0 Å². The van der Waals surface area contributed by atoms with Gasteiger partial charge in [-0.15, -0.1) is 0 Å². The van der Waals surface area contributed by atoms with E-state index in [2.05, 4.69) is 15.1 Å². The molecule has 2 rings (SSSR count). The predicted octanol–water partition coefficient (Wildman–Crippen LogP) is 1.35. The molecule has 6 heteroatoms. The maximum absolute atomic E-state index is 11.6.